The van der Waals surface area contributed by atoms with Gasteiger partial charge in [0, 0.05) is 30.6 Å². The highest BCUT2D eigenvalue weighted by Crippen LogP contribution is 2.27. The number of carboxylic acid groups (broad SMARTS) is 2. The van der Waals surface area contributed by atoms with E-state index in [4.69, 9.17) is 9.90 Å². The number of benzene rings is 1. The van der Waals surface area contributed by atoms with Crippen LogP contribution < -0.4 is 5.32 Å². The van der Waals surface area contributed by atoms with E-state index in [0.717, 1.165) is 11.1 Å². The van der Waals surface area contributed by atoms with Crippen LogP contribution in [0.4, 0.5) is 0 Å². The number of aromatic nitrogens is 1. The van der Waals surface area contributed by atoms with Crippen LogP contribution in [0.3, 0.4) is 0 Å². The fourth-order valence-corrected chi connectivity index (χ4v) is 2.56. The lowest BCUT2D eigenvalue weighted by atomic mass is 9.96. The maximum absolute atomic E-state index is 11.2. The summed E-state index contributed by atoms with van der Waals surface area (Å²) in [6.07, 6.45) is 2.08. The largest absolute Gasteiger partial charge is 0.483 e. The molecule has 1 aromatic heterocycles. The third kappa shape index (κ3) is 3.95. The number of hydrogen-bond acceptors (Lipinski definition) is 4. The first-order valence-corrected chi connectivity index (χ1v) is 7.20. The molecule has 0 aliphatic carbocycles. The molecule has 1 saturated heterocycles. The molecule has 1 fully saturated rings. The van der Waals surface area contributed by atoms with Gasteiger partial charge in [0.15, 0.2) is 0 Å². The molecular formula is C17H16N2O5. The van der Waals surface area contributed by atoms with Gasteiger partial charge in [-0.05, 0) is 17.7 Å². The van der Waals surface area contributed by atoms with Crippen molar-refractivity contribution in [2.45, 2.75) is 12.3 Å². The summed E-state index contributed by atoms with van der Waals surface area (Å²) >= 11 is 0. The van der Waals surface area contributed by atoms with Gasteiger partial charge in [0.25, 0.3) is 6.47 Å². The summed E-state index contributed by atoms with van der Waals surface area (Å²) in [6.45, 7) is 0.405. The molecule has 0 radical (unpaired) electrons. The Hall–Kier alpha value is -3.22. The number of hydrogen-bond donors (Lipinski definition) is 3. The van der Waals surface area contributed by atoms with Gasteiger partial charge in [-0.3, -0.25) is 14.6 Å². The monoisotopic (exact) mass is 328 g/mol. The number of carbonyl (C=O) groups excluding carboxylic acids is 1. The maximum Gasteiger partial charge on any atom is 0.337 e. The van der Waals surface area contributed by atoms with Crippen LogP contribution in [0.25, 0.3) is 11.3 Å². The van der Waals surface area contributed by atoms with E-state index in [1.165, 1.54) is 6.07 Å². The van der Waals surface area contributed by atoms with Gasteiger partial charge in [-0.1, -0.05) is 24.3 Å². The second-order valence-electron chi connectivity index (χ2n) is 5.14. The molecule has 1 unspecified atom stereocenters. The Morgan fingerprint density at radius 3 is 2.46 bits per heavy atom. The Morgan fingerprint density at radius 2 is 1.92 bits per heavy atom. The first-order valence-electron chi connectivity index (χ1n) is 7.20. The van der Waals surface area contributed by atoms with E-state index < -0.39 is 5.97 Å². The molecule has 1 atom stereocenters. The van der Waals surface area contributed by atoms with Crippen LogP contribution in [-0.2, 0) is 9.59 Å². The van der Waals surface area contributed by atoms with Crippen LogP contribution in [0.2, 0.25) is 0 Å². The summed E-state index contributed by atoms with van der Waals surface area (Å²) in [5.74, 6) is -0.732. The standard InChI is InChI=1S/C16H14N2O3.CH2O2/c19-14-8-12(9-18-14)10-3-5-11(6-4-10)15-13(16(20)21)2-1-7-17-15;2-1-3/h1-7,12H,8-9H2,(H,18,19)(H,20,21);1H,(H,2,3). The van der Waals surface area contributed by atoms with E-state index >= 15 is 0 Å². The highest BCUT2D eigenvalue weighted by Gasteiger charge is 2.23. The summed E-state index contributed by atoms with van der Waals surface area (Å²) in [6, 6.07) is 10.7. The molecule has 0 bridgehead atoms. The van der Waals surface area contributed by atoms with E-state index in [1.807, 2.05) is 24.3 Å². The molecule has 0 spiro atoms. The Balaban J connectivity index is 0.000000647. The normalized spacial score (nSPS) is 15.8. The molecule has 1 amide bonds. The minimum absolute atomic E-state index is 0.0713. The van der Waals surface area contributed by atoms with Crippen molar-refractivity contribution in [3.63, 3.8) is 0 Å². The van der Waals surface area contributed by atoms with Gasteiger partial charge in [-0.2, -0.15) is 0 Å². The number of carboxylic acids is 1. The fraction of sp³-hybridized carbons (Fsp3) is 0.176. The number of nitrogens with zero attached hydrogens (tertiary/aromatic N) is 1. The molecule has 7 heteroatoms. The van der Waals surface area contributed by atoms with Gasteiger partial charge in [0.05, 0.1) is 11.3 Å². The van der Waals surface area contributed by atoms with Crippen LogP contribution in [-0.4, -0.2) is 40.1 Å². The van der Waals surface area contributed by atoms with Crippen LogP contribution >= 0.6 is 0 Å². The van der Waals surface area contributed by atoms with Crippen molar-refractivity contribution in [2.24, 2.45) is 0 Å². The zero-order chi connectivity index (χ0) is 17.5. The van der Waals surface area contributed by atoms with Crippen LogP contribution in [0, 0.1) is 0 Å². The fourth-order valence-electron chi connectivity index (χ4n) is 2.56. The quantitative estimate of drug-likeness (QED) is 0.739. The predicted octanol–water partition coefficient (Wildman–Crippen LogP) is 1.75. The molecule has 7 nitrogen and oxygen atoms in total. The van der Waals surface area contributed by atoms with Gasteiger partial charge in [-0.15, -0.1) is 0 Å². The summed E-state index contributed by atoms with van der Waals surface area (Å²) in [5.41, 5.74) is 2.47. The lowest BCUT2D eigenvalue weighted by Gasteiger charge is -2.09. The molecule has 1 aromatic carbocycles. The zero-order valence-corrected chi connectivity index (χ0v) is 12.7. The third-order valence-electron chi connectivity index (χ3n) is 3.67. The van der Waals surface area contributed by atoms with Gasteiger partial charge < -0.3 is 15.5 Å². The smallest absolute Gasteiger partial charge is 0.337 e. The van der Waals surface area contributed by atoms with Crippen molar-refractivity contribution in [3.05, 3.63) is 53.7 Å². The topological polar surface area (TPSA) is 117 Å². The number of aromatic carboxylic acids is 1. The summed E-state index contributed by atoms with van der Waals surface area (Å²) in [7, 11) is 0. The molecule has 1 aliphatic rings. The average Bonchev–Trinajstić information content (AvgIpc) is 3.02. The Kier molecular flexibility index (Phi) is 5.62. The van der Waals surface area contributed by atoms with E-state index in [0.29, 0.717) is 18.7 Å². The predicted molar refractivity (Wildman–Crippen MR) is 85.7 cm³/mol. The second kappa shape index (κ2) is 7.87. The van der Waals surface area contributed by atoms with Crippen molar-refractivity contribution in [1.82, 2.24) is 10.3 Å². The van der Waals surface area contributed by atoms with E-state index in [2.05, 4.69) is 10.3 Å². The van der Waals surface area contributed by atoms with Crippen molar-refractivity contribution in [3.8, 4) is 11.3 Å². The van der Waals surface area contributed by atoms with E-state index in [-0.39, 0.29) is 23.9 Å². The lowest BCUT2D eigenvalue weighted by molar-refractivity contribution is -0.123. The van der Waals surface area contributed by atoms with Gasteiger partial charge >= 0.3 is 5.97 Å². The number of rotatable bonds is 3. The van der Waals surface area contributed by atoms with Crippen molar-refractivity contribution in [2.75, 3.05) is 6.54 Å². The summed E-state index contributed by atoms with van der Waals surface area (Å²) in [4.78, 5) is 35.0. The van der Waals surface area contributed by atoms with Crippen LogP contribution in [0.15, 0.2) is 42.6 Å². The SMILES string of the molecule is O=C1CC(c2ccc(-c3ncccc3C(=O)O)cc2)CN1.O=CO. The maximum atomic E-state index is 11.2. The molecule has 3 N–H and O–H groups in total. The Labute approximate surface area is 138 Å². The first-order chi connectivity index (χ1) is 11.6. The zero-order valence-electron chi connectivity index (χ0n) is 12.7. The van der Waals surface area contributed by atoms with E-state index in [9.17, 15) is 14.7 Å². The van der Waals surface area contributed by atoms with Crippen molar-refractivity contribution in [1.29, 1.82) is 0 Å². The molecule has 1 aliphatic heterocycles. The van der Waals surface area contributed by atoms with Gasteiger partial charge in [0.1, 0.15) is 0 Å². The number of nitrogens with one attached hydrogen (secondary N) is 1. The average molecular weight is 328 g/mol. The van der Waals surface area contributed by atoms with E-state index in [1.54, 1.807) is 12.3 Å². The van der Waals surface area contributed by atoms with Crippen molar-refractivity contribution < 1.29 is 24.6 Å². The minimum Gasteiger partial charge on any atom is -0.483 e. The number of carbonyl (C=O) groups is 3. The lowest BCUT2D eigenvalue weighted by Crippen LogP contribution is -2.13. The van der Waals surface area contributed by atoms with Crippen LogP contribution in [0.1, 0.15) is 28.3 Å². The summed E-state index contributed by atoms with van der Waals surface area (Å²) in [5, 5.41) is 18.9. The van der Waals surface area contributed by atoms with Crippen LogP contribution in [0.5, 0.6) is 0 Å². The molecule has 0 saturated carbocycles. The molecule has 3 rings (SSSR count). The Morgan fingerprint density at radius 1 is 1.25 bits per heavy atom. The second-order valence-corrected chi connectivity index (χ2v) is 5.14. The molecular weight excluding hydrogens is 312 g/mol. The molecule has 2 heterocycles. The number of pyridine rings is 1. The summed E-state index contributed by atoms with van der Waals surface area (Å²) < 4.78 is 0. The van der Waals surface area contributed by atoms with Crippen molar-refractivity contribution >= 4 is 18.3 Å². The van der Waals surface area contributed by atoms with Gasteiger partial charge in [-0.25, -0.2) is 4.79 Å². The number of amides is 1. The molecule has 2 aromatic rings. The highest BCUT2D eigenvalue weighted by molar-refractivity contribution is 5.94. The molecule has 124 valence electrons. The Bertz CT molecular complexity index is 743. The molecule has 24 heavy (non-hydrogen) atoms. The van der Waals surface area contributed by atoms with Gasteiger partial charge in [0.2, 0.25) is 5.91 Å². The minimum atomic E-state index is -0.993. The third-order valence-corrected chi connectivity index (χ3v) is 3.67. The first kappa shape index (κ1) is 17.1. The highest BCUT2D eigenvalue weighted by atomic mass is 16.4.